The Labute approximate surface area is 120 Å². The molecule has 1 aromatic rings. The highest BCUT2D eigenvalue weighted by atomic mass is 79.9. The smallest absolute Gasteiger partial charge is 0.244 e. The predicted molar refractivity (Wildman–Crippen MR) is 75.4 cm³/mol. The molecule has 7 heteroatoms. The standard InChI is InChI=1S/C11H14BrClN2O2S/c12-9-2-3-10(13)11(8-9)18(16,17)15-6-1-4-14-5-7-15/h2-3,8,14H,1,4-7H2. The van der Waals surface area contributed by atoms with E-state index in [1.165, 1.54) is 4.31 Å². The minimum atomic E-state index is -3.51. The van der Waals surface area contributed by atoms with Gasteiger partial charge in [0.05, 0.1) is 5.02 Å². The number of sulfonamides is 1. The topological polar surface area (TPSA) is 49.4 Å². The highest BCUT2D eigenvalue weighted by Gasteiger charge is 2.27. The number of nitrogens with one attached hydrogen (secondary N) is 1. The lowest BCUT2D eigenvalue weighted by Gasteiger charge is -2.20. The Hall–Kier alpha value is -0.140. The van der Waals surface area contributed by atoms with Crippen LogP contribution in [-0.2, 0) is 10.0 Å². The highest BCUT2D eigenvalue weighted by Crippen LogP contribution is 2.28. The SMILES string of the molecule is O=S(=O)(c1cc(Br)ccc1Cl)N1CCCNCC1. The van der Waals surface area contributed by atoms with E-state index in [0.29, 0.717) is 24.1 Å². The van der Waals surface area contributed by atoms with E-state index in [-0.39, 0.29) is 9.92 Å². The Balaban J connectivity index is 2.37. The van der Waals surface area contributed by atoms with E-state index >= 15 is 0 Å². The number of benzene rings is 1. The molecule has 0 unspecified atom stereocenters. The number of rotatable bonds is 2. The van der Waals surface area contributed by atoms with Crippen molar-refractivity contribution in [1.82, 2.24) is 9.62 Å². The first-order chi connectivity index (χ1) is 8.51. The summed E-state index contributed by atoms with van der Waals surface area (Å²) in [5, 5.41) is 3.44. The summed E-state index contributed by atoms with van der Waals surface area (Å²) < 4.78 is 27.2. The van der Waals surface area contributed by atoms with Gasteiger partial charge in [-0.05, 0) is 31.2 Å². The zero-order valence-electron chi connectivity index (χ0n) is 9.70. The number of hydrogen-bond donors (Lipinski definition) is 1. The summed E-state index contributed by atoms with van der Waals surface area (Å²) in [7, 11) is -3.51. The van der Waals surface area contributed by atoms with Crippen molar-refractivity contribution in [3.63, 3.8) is 0 Å². The Morgan fingerprint density at radius 2 is 2.06 bits per heavy atom. The van der Waals surface area contributed by atoms with Crippen LogP contribution < -0.4 is 5.32 Å². The molecule has 18 heavy (non-hydrogen) atoms. The van der Waals surface area contributed by atoms with E-state index in [9.17, 15) is 8.42 Å². The molecular weight excluding hydrogens is 340 g/mol. The third kappa shape index (κ3) is 3.05. The maximum absolute atomic E-state index is 12.5. The van der Waals surface area contributed by atoms with Crippen LogP contribution >= 0.6 is 27.5 Å². The van der Waals surface area contributed by atoms with Gasteiger partial charge in [0, 0.05) is 24.1 Å². The van der Waals surface area contributed by atoms with E-state index < -0.39 is 10.0 Å². The fraction of sp³-hybridized carbons (Fsp3) is 0.455. The van der Waals surface area contributed by atoms with Crippen molar-refractivity contribution >= 4 is 37.6 Å². The molecule has 100 valence electrons. The summed E-state index contributed by atoms with van der Waals surface area (Å²) in [6.07, 6.45) is 0.810. The zero-order chi connectivity index (χ0) is 13.2. The van der Waals surface area contributed by atoms with E-state index in [1.807, 2.05) is 0 Å². The van der Waals surface area contributed by atoms with Crippen LogP contribution in [0, 0.1) is 0 Å². The second-order valence-electron chi connectivity index (χ2n) is 4.08. The van der Waals surface area contributed by atoms with Crippen molar-refractivity contribution in [2.75, 3.05) is 26.2 Å². The second kappa shape index (κ2) is 5.88. The van der Waals surface area contributed by atoms with Crippen molar-refractivity contribution in [3.8, 4) is 0 Å². The van der Waals surface area contributed by atoms with Crippen molar-refractivity contribution in [3.05, 3.63) is 27.7 Å². The van der Waals surface area contributed by atoms with Gasteiger partial charge in [-0.2, -0.15) is 4.31 Å². The fourth-order valence-corrected chi connectivity index (χ4v) is 4.37. The largest absolute Gasteiger partial charge is 0.315 e. The number of halogens is 2. The molecule has 0 aliphatic carbocycles. The molecule has 1 aromatic carbocycles. The lowest BCUT2D eigenvalue weighted by Crippen LogP contribution is -2.34. The van der Waals surface area contributed by atoms with Crippen LogP contribution in [0.3, 0.4) is 0 Å². The minimum absolute atomic E-state index is 0.167. The highest BCUT2D eigenvalue weighted by molar-refractivity contribution is 9.10. The summed E-state index contributed by atoms with van der Waals surface area (Å²) in [5.41, 5.74) is 0. The average molecular weight is 354 g/mol. The molecule has 1 saturated heterocycles. The van der Waals surface area contributed by atoms with Gasteiger partial charge in [0.1, 0.15) is 4.90 Å². The Morgan fingerprint density at radius 3 is 2.83 bits per heavy atom. The zero-order valence-corrected chi connectivity index (χ0v) is 12.9. The molecule has 0 aromatic heterocycles. The molecule has 0 saturated carbocycles. The molecule has 0 spiro atoms. The summed E-state index contributed by atoms with van der Waals surface area (Å²) >= 11 is 9.27. The van der Waals surface area contributed by atoms with Gasteiger partial charge in [-0.15, -0.1) is 0 Å². The van der Waals surface area contributed by atoms with Gasteiger partial charge >= 0.3 is 0 Å². The first-order valence-electron chi connectivity index (χ1n) is 5.68. The normalized spacial score (nSPS) is 18.6. The minimum Gasteiger partial charge on any atom is -0.315 e. The van der Waals surface area contributed by atoms with Crippen LogP contribution in [0.4, 0.5) is 0 Å². The summed E-state index contributed by atoms with van der Waals surface area (Å²) in [6.45, 7) is 2.52. The first-order valence-corrected chi connectivity index (χ1v) is 8.29. The average Bonchev–Trinajstić information content (AvgIpc) is 2.61. The molecule has 1 fully saturated rings. The summed E-state index contributed by atoms with van der Waals surface area (Å²) in [4.78, 5) is 0.167. The third-order valence-electron chi connectivity index (χ3n) is 2.81. The quantitative estimate of drug-likeness (QED) is 0.885. The second-order valence-corrected chi connectivity index (χ2v) is 7.31. The van der Waals surface area contributed by atoms with Crippen LogP contribution in [-0.4, -0.2) is 38.9 Å². The number of hydrogen-bond acceptors (Lipinski definition) is 3. The van der Waals surface area contributed by atoms with Crippen molar-refractivity contribution in [2.24, 2.45) is 0 Å². The van der Waals surface area contributed by atoms with Crippen molar-refractivity contribution in [1.29, 1.82) is 0 Å². The lowest BCUT2D eigenvalue weighted by atomic mass is 10.4. The Kier molecular flexibility index (Phi) is 4.66. The van der Waals surface area contributed by atoms with Gasteiger partial charge in [-0.25, -0.2) is 8.42 Å². The fourth-order valence-electron chi connectivity index (χ4n) is 1.88. The molecule has 0 amide bonds. The van der Waals surface area contributed by atoms with E-state index in [0.717, 1.165) is 13.0 Å². The van der Waals surface area contributed by atoms with Gasteiger partial charge in [0.2, 0.25) is 10.0 Å². The number of nitrogens with zero attached hydrogens (tertiary/aromatic N) is 1. The van der Waals surface area contributed by atoms with Gasteiger partial charge < -0.3 is 5.32 Å². The van der Waals surface area contributed by atoms with Crippen LogP contribution in [0.2, 0.25) is 5.02 Å². The molecule has 0 radical (unpaired) electrons. The molecule has 0 bridgehead atoms. The lowest BCUT2D eigenvalue weighted by molar-refractivity contribution is 0.432. The Morgan fingerprint density at radius 1 is 1.28 bits per heavy atom. The maximum Gasteiger partial charge on any atom is 0.244 e. The van der Waals surface area contributed by atoms with Crippen LogP contribution in [0.25, 0.3) is 0 Å². The molecule has 1 N–H and O–H groups in total. The van der Waals surface area contributed by atoms with Crippen LogP contribution in [0.15, 0.2) is 27.6 Å². The van der Waals surface area contributed by atoms with Gasteiger partial charge in [0.15, 0.2) is 0 Å². The monoisotopic (exact) mass is 352 g/mol. The van der Waals surface area contributed by atoms with E-state index in [4.69, 9.17) is 11.6 Å². The molecule has 1 aliphatic rings. The molecular formula is C11H14BrClN2O2S. The summed E-state index contributed by atoms with van der Waals surface area (Å²) in [6, 6.07) is 4.87. The van der Waals surface area contributed by atoms with Crippen LogP contribution in [0.1, 0.15) is 6.42 Å². The van der Waals surface area contributed by atoms with Gasteiger partial charge in [0.25, 0.3) is 0 Å². The van der Waals surface area contributed by atoms with Crippen molar-refractivity contribution < 1.29 is 8.42 Å². The summed E-state index contributed by atoms with van der Waals surface area (Å²) in [5.74, 6) is 0. The molecule has 2 rings (SSSR count). The molecule has 1 heterocycles. The first kappa shape index (κ1) is 14.3. The molecule has 4 nitrogen and oxygen atoms in total. The maximum atomic E-state index is 12.5. The predicted octanol–water partition coefficient (Wildman–Crippen LogP) is 2.09. The Bertz CT molecular complexity index is 528. The van der Waals surface area contributed by atoms with E-state index in [2.05, 4.69) is 21.2 Å². The van der Waals surface area contributed by atoms with Crippen molar-refractivity contribution in [2.45, 2.75) is 11.3 Å². The van der Waals surface area contributed by atoms with E-state index in [1.54, 1.807) is 18.2 Å². The van der Waals surface area contributed by atoms with Gasteiger partial charge in [-0.1, -0.05) is 27.5 Å². The van der Waals surface area contributed by atoms with Crippen LogP contribution in [0.5, 0.6) is 0 Å². The molecule has 0 atom stereocenters. The molecule has 1 aliphatic heterocycles. The van der Waals surface area contributed by atoms with Gasteiger partial charge in [-0.3, -0.25) is 0 Å². The third-order valence-corrected chi connectivity index (χ3v) is 5.68.